The van der Waals surface area contributed by atoms with Crippen LogP contribution in [0.3, 0.4) is 0 Å². The van der Waals surface area contributed by atoms with Crippen molar-refractivity contribution in [3.63, 3.8) is 0 Å². The number of hydrogen-bond donors (Lipinski definition) is 1. The third-order valence-corrected chi connectivity index (χ3v) is 3.25. The number of ether oxygens (including phenoxy) is 1. The Balaban J connectivity index is 1.87. The van der Waals surface area contributed by atoms with Gasteiger partial charge in [0.05, 0.1) is 7.11 Å². The van der Waals surface area contributed by atoms with Crippen molar-refractivity contribution in [1.29, 1.82) is 0 Å². The van der Waals surface area contributed by atoms with Crippen molar-refractivity contribution in [3.05, 3.63) is 29.6 Å². The van der Waals surface area contributed by atoms with E-state index >= 15 is 0 Å². The van der Waals surface area contributed by atoms with Gasteiger partial charge in [0.15, 0.2) is 11.6 Å². The molecule has 1 aliphatic carbocycles. The zero-order chi connectivity index (χ0) is 11.6. The lowest BCUT2D eigenvalue weighted by Gasteiger charge is -2.08. The number of rotatable bonds is 5. The molecule has 2 nitrogen and oxygen atoms in total. The second-order valence-corrected chi connectivity index (χ2v) is 4.68. The van der Waals surface area contributed by atoms with Crippen molar-refractivity contribution >= 4 is 0 Å². The fraction of sp³-hybridized carbons (Fsp3) is 0.538. The highest BCUT2D eigenvalue weighted by molar-refractivity contribution is 5.29. The maximum atomic E-state index is 13.4. The number of methoxy groups -OCH3 is 1. The number of halogens is 1. The summed E-state index contributed by atoms with van der Waals surface area (Å²) in [4.78, 5) is 0. The second-order valence-electron chi connectivity index (χ2n) is 4.68. The van der Waals surface area contributed by atoms with Gasteiger partial charge < -0.3 is 10.5 Å². The van der Waals surface area contributed by atoms with Gasteiger partial charge in [0.2, 0.25) is 0 Å². The van der Waals surface area contributed by atoms with E-state index in [0.717, 1.165) is 37.7 Å². The zero-order valence-corrected chi connectivity index (χ0v) is 9.63. The van der Waals surface area contributed by atoms with Crippen LogP contribution >= 0.6 is 0 Å². The van der Waals surface area contributed by atoms with E-state index in [9.17, 15) is 4.39 Å². The Kier molecular flexibility index (Phi) is 3.15. The molecule has 1 saturated carbocycles. The molecule has 0 bridgehead atoms. The second kappa shape index (κ2) is 4.42. The highest BCUT2D eigenvalue weighted by Crippen LogP contribution is 2.36. The third-order valence-electron chi connectivity index (χ3n) is 3.25. The van der Waals surface area contributed by atoms with E-state index in [-0.39, 0.29) is 11.4 Å². The first kappa shape index (κ1) is 11.4. The summed E-state index contributed by atoms with van der Waals surface area (Å²) >= 11 is 0. The van der Waals surface area contributed by atoms with Gasteiger partial charge in [0, 0.05) is 5.54 Å². The van der Waals surface area contributed by atoms with Crippen LogP contribution in [0.5, 0.6) is 5.75 Å². The average Bonchev–Trinajstić information content (AvgIpc) is 2.97. The van der Waals surface area contributed by atoms with Crippen LogP contribution in [0.2, 0.25) is 0 Å². The van der Waals surface area contributed by atoms with E-state index < -0.39 is 0 Å². The molecule has 0 radical (unpaired) electrons. The topological polar surface area (TPSA) is 35.2 Å². The van der Waals surface area contributed by atoms with Crippen molar-refractivity contribution in [3.8, 4) is 5.75 Å². The minimum atomic E-state index is -0.283. The van der Waals surface area contributed by atoms with Crippen molar-refractivity contribution in [1.82, 2.24) is 0 Å². The summed E-state index contributed by atoms with van der Waals surface area (Å²) in [5.41, 5.74) is 7.11. The predicted molar refractivity (Wildman–Crippen MR) is 62.0 cm³/mol. The van der Waals surface area contributed by atoms with Crippen LogP contribution in [0, 0.1) is 5.82 Å². The van der Waals surface area contributed by atoms with Gasteiger partial charge in [0.1, 0.15) is 0 Å². The van der Waals surface area contributed by atoms with Crippen molar-refractivity contribution in [2.45, 2.75) is 37.6 Å². The highest BCUT2D eigenvalue weighted by Gasteiger charge is 2.36. The van der Waals surface area contributed by atoms with E-state index in [4.69, 9.17) is 10.5 Å². The van der Waals surface area contributed by atoms with Crippen molar-refractivity contribution < 1.29 is 9.13 Å². The standard InChI is InChI=1S/C13H18FNO/c1-16-12-5-4-10(9-11(12)14)3-2-6-13(15)7-8-13/h4-5,9H,2-3,6-8,15H2,1H3. The van der Waals surface area contributed by atoms with Crippen LogP contribution in [-0.2, 0) is 6.42 Å². The summed E-state index contributed by atoms with van der Waals surface area (Å²) < 4.78 is 18.2. The molecule has 16 heavy (non-hydrogen) atoms. The van der Waals surface area contributed by atoms with Crippen molar-refractivity contribution in [2.75, 3.05) is 7.11 Å². The first-order valence-corrected chi connectivity index (χ1v) is 5.74. The third kappa shape index (κ3) is 2.73. The quantitative estimate of drug-likeness (QED) is 0.832. The fourth-order valence-electron chi connectivity index (χ4n) is 1.92. The molecule has 1 fully saturated rings. The van der Waals surface area contributed by atoms with E-state index in [1.807, 2.05) is 6.07 Å². The minimum Gasteiger partial charge on any atom is -0.494 e. The Hall–Kier alpha value is -1.09. The lowest BCUT2D eigenvalue weighted by molar-refractivity contribution is 0.386. The molecule has 0 saturated heterocycles. The molecule has 3 heteroatoms. The molecule has 0 aliphatic heterocycles. The molecule has 0 heterocycles. The predicted octanol–water partition coefficient (Wildman–Crippen LogP) is 2.65. The zero-order valence-electron chi connectivity index (χ0n) is 9.63. The molecule has 0 unspecified atom stereocenters. The summed E-state index contributed by atoms with van der Waals surface area (Å²) in [6.07, 6.45) is 5.25. The van der Waals surface area contributed by atoms with Gasteiger partial charge in [-0.25, -0.2) is 4.39 Å². The molecule has 0 amide bonds. The Labute approximate surface area is 95.6 Å². The summed E-state index contributed by atoms with van der Waals surface area (Å²) in [6, 6.07) is 5.15. The van der Waals surface area contributed by atoms with E-state index in [1.165, 1.54) is 7.11 Å². The molecule has 0 aromatic heterocycles. The number of hydrogen-bond acceptors (Lipinski definition) is 2. The van der Waals surface area contributed by atoms with E-state index in [2.05, 4.69) is 0 Å². The summed E-state index contributed by atoms with van der Waals surface area (Å²) in [6.45, 7) is 0. The fourth-order valence-corrected chi connectivity index (χ4v) is 1.92. The smallest absolute Gasteiger partial charge is 0.165 e. The van der Waals surface area contributed by atoms with E-state index in [1.54, 1.807) is 12.1 Å². The molecule has 2 N–H and O–H groups in total. The molecular formula is C13H18FNO. The SMILES string of the molecule is COc1ccc(CCCC2(N)CC2)cc1F. The Bertz CT molecular complexity index is 374. The molecule has 1 aromatic rings. The van der Waals surface area contributed by atoms with Gasteiger partial charge in [-0.15, -0.1) is 0 Å². The van der Waals surface area contributed by atoms with Gasteiger partial charge >= 0.3 is 0 Å². The van der Waals surface area contributed by atoms with Crippen LogP contribution in [0.1, 0.15) is 31.2 Å². The molecule has 1 aromatic carbocycles. The minimum absolute atomic E-state index is 0.102. The molecule has 88 valence electrons. The largest absolute Gasteiger partial charge is 0.494 e. The Morgan fingerprint density at radius 3 is 2.75 bits per heavy atom. The summed E-state index contributed by atoms with van der Waals surface area (Å²) in [7, 11) is 1.48. The lowest BCUT2D eigenvalue weighted by atomic mass is 10.0. The van der Waals surface area contributed by atoms with Crippen LogP contribution in [0.4, 0.5) is 4.39 Å². The van der Waals surface area contributed by atoms with Crippen LogP contribution in [0.15, 0.2) is 18.2 Å². The Morgan fingerprint density at radius 2 is 2.19 bits per heavy atom. The van der Waals surface area contributed by atoms with Crippen molar-refractivity contribution in [2.24, 2.45) is 5.73 Å². The normalized spacial score (nSPS) is 17.2. The van der Waals surface area contributed by atoms with Crippen LogP contribution in [0.25, 0.3) is 0 Å². The van der Waals surface area contributed by atoms with Gasteiger partial charge in [0.25, 0.3) is 0 Å². The number of nitrogens with two attached hydrogens (primary N) is 1. The Morgan fingerprint density at radius 1 is 1.44 bits per heavy atom. The number of aryl methyl sites for hydroxylation is 1. The van der Waals surface area contributed by atoms with Crippen LogP contribution < -0.4 is 10.5 Å². The first-order valence-electron chi connectivity index (χ1n) is 5.74. The first-order chi connectivity index (χ1) is 7.63. The average molecular weight is 223 g/mol. The molecular weight excluding hydrogens is 205 g/mol. The van der Waals surface area contributed by atoms with Gasteiger partial charge in [-0.3, -0.25) is 0 Å². The van der Waals surface area contributed by atoms with Gasteiger partial charge in [-0.2, -0.15) is 0 Å². The molecule has 1 aliphatic rings. The maximum Gasteiger partial charge on any atom is 0.165 e. The lowest BCUT2D eigenvalue weighted by Crippen LogP contribution is -2.21. The molecule has 0 atom stereocenters. The highest BCUT2D eigenvalue weighted by atomic mass is 19.1. The van der Waals surface area contributed by atoms with Gasteiger partial charge in [-0.1, -0.05) is 6.07 Å². The summed E-state index contributed by atoms with van der Waals surface area (Å²) in [5.74, 6) is 0.0233. The van der Waals surface area contributed by atoms with Crippen LogP contribution in [-0.4, -0.2) is 12.6 Å². The molecule has 0 spiro atoms. The molecule has 2 rings (SSSR count). The summed E-state index contributed by atoms with van der Waals surface area (Å²) in [5, 5.41) is 0. The van der Waals surface area contributed by atoms with E-state index in [0.29, 0.717) is 5.75 Å². The monoisotopic (exact) mass is 223 g/mol. The number of benzene rings is 1. The maximum absolute atomic E-state index is 13.4. The van der Waals surface area contributed by atoms with Gasteiger partial charge in [-0.05, 0) is 49.8 Å².